The maximum atomic E-state index is 15.5. The summed E-state index contributed by atoms with van der Waals surface area (Å²) < 4.78 is 17.2. The van der Waals surface area contributed by atoms with Crippen LogP contribution in [0.5, 0.6) is 0 Å². The van der Waals surface area contributed by atoms with E-state index in [0.717, 1.165) is 22.4 Å². The van der Waals surface area contributed by atoms with Crippen LogP contribution in [-0.2, 0) is 23.3 Å². The molecule has 3 aromatic heterocycles. The number of fused-ring (bicyclic) bond motifs is 1. The van der Waals surface area contributed by atoms with E-state index in [-0.39, 0.29) is 11.8 Å². The molecule has 8 heteroatoms. The Morgan fingerprint density at radius 1 is 1.25 bits per heavy atom. The van der Waals surface area contributed by atoms with Crippen molar-refractivity contribution in [3.05, 3.63) is 106 Å². The predicted octanol–water partition coefficient (Wildman–Crippen LogP) is 6.04. The van der Waals surface area contributed by atoms with Crippen molar-refractivity contribution in [3.8, 4) is 11.1 Å². The number of hydrogen-bond acceptors (Lipinski definition) is 4. The fraction of sp³-hybridized carbons (Fsp3) is 0.250. The third kappa shape index (κ3) is 4.78. The number of carbonyl (C=O) groups is 1. The van der Waals surface area contributed by atoms with Crippen molar-refractivity contribution >= 4 is 26.5 Å². The van der Waals surface area contributed by atoms with Gasteiger partial charge in [-0.1, -0.05) is 46.2 Å². The van der Waals surface area contributed by atoms with Crippen LogP contribution in [-0.4, -0.2) is 32.1 Å². The SMILES string of the molecule is C=CC(=O)N1Cc2sc(C)cc2[C@H](c2ccccc2-c2cn(Cc3ccccn3)nc2C(C)(F)P)C1. The number of benzene rings is 1. The summed E-state index contributed by atoms with van der Waals surface area (Å²) in [5, 5.41) is 2.93. The molecule has 2 unspecified atom stereocenters. The minimum atomic E-state index is -1.72. The van der Waals surface area contributed by atoms with E-state index in [1.165, 1.54) is 28.3 Å². The van der Waals surface area contributed by atoms with Crippen LogP contribution < -0.4 is 0 Å². The van der Waals surface area contributed by atoms with Gasteiger partial charge in [-0.25, -0.2) is 4.39 Å². The first kappa shape index (κ1) is 24.5. The molecule has 4 aromatic rings. The number of aromatic nitrogens is 3. The minimum absolute atomic E-state index is 0.0406. The lowest BCUT2D eigenvalue weighted by Gasteiger charge is -2.33. The molecule has 0 saturated heterocycles. The van der Waals surface area contributed by atoms with Gasteiger partial charge in [0, 0.05) is 40.2 Å². The molecule has 0 fully saturated rings. The predicted molar refractivity (Wildman–Crippen MR) is 146 cm³/mol. The Hall–Kier alpha value is -3.15. The molecule has 1 aliphatic rings. The highest BCUT2D eigenvalue weighted by molar-refractivity contribution is 7.18. The van der Waals surface area contributed by atoms with Crippen LogP contribution in [0, 0.1) is 6.92 Å². The van der Waals surface area contributed by atoms with Crippen LogP contribution in [0.1, 0.15) is 45.1 Å². The highest BCUT2D eigenvalue weighted by atomic mass is 32.1. The molecule has 1 aliphatic heterocycles. The van der Waals surface area contributed by atoms with Gasteiger partial charge in [0.1, 0.15) is 5.69 Å². The van der Waals surface area contributed by atoms with Gasteiger partial charge in [-0.3, -0.25) is 14.5 Å². The zero-order chi connectivity index (χ0) is 25.4. The maximum Gasteiger partial charge on any atom is 0.246 e. The Balaban J connectivity index is 1.63. The molecule has 5 rings (SSSR count). The standard InChI is InChI=1S/C28H28FN4OPS/c1-4-26(34)32-15-23(22-13-18(2)36-25(22)17-32)20-10-5-6-11-21(20)24-16-33(31-27(24)28(3,29)35)14-19-9-7-8-12-30-19/h4-13,16,23H,1,14-15,17,35H2,2-3H3/t23-,28?/m0/s1. The van der Waals surface area contributed by atoms with E-state index in [1.54, 1.807) is 22.2 Å². The van der Waals surface area contributed by atoms with Crippen molar-refractivity contribution in [2.24, 2.45) is 0 Å². The lowest BCUT2D eigenvalue weighted by atomic mass is 9.83. The van der Waals surface area contributed by atoms with Crippen molar-refractivity contribution in [3.63, 3.8) is 0 Å². The van der Waals surface area contributed by atoms with Crippen LogP contribution in [0.15, 0.2) is 73.6 Å². The summed E-state index contributed by atoms with van der Waals surface area (Å²) in [5.74, 6) is -0.125. The molecule has 1 aromatic carbocycles. The fourth-order valence-corrected chi connectivity index (χ4v) is 6.21. The van der Waals surface area contributed by atoms with Gasteiger partial charge in [-0.2, -0.15) is 5.10 Å². The number of hydrogen-bond donors (Lipinski definition) is 0. The second-order valence-electron chi connectivity index (χ2n) is 9.28. The van der Waals surface area contributed by atoms with Crippen LogP contribution in [0.4, 0.5) is 4.39 Å². The van der Waals surface area contributed by atoms with Gasteiger partial charge in [0.15, 0.2) is 5.41 Å². The normalized spacial score (nSPS) is 16.9. The van der Waals surface area contributed by atoms with Gasteiger partial charge in [-0.05, 0) is 54.8 Å². The summed E-state index contributed by atoms with van der Waals surface area (Å²) in [6.45, 7) is 8.84. The topological polar surface area (TPSA) is 51.0 Å². The lowest BCUT2D eigenvalue weighted by molar-refractivity contribution is -0.127. The van der Waals surface area contributed by atoms with Gasteiger partial charge in [-0.15, -0.1) is 11.3 Å². The first-order valence-electron chi connectivity index (χ1n) is 11.8. The number of aryl methyl sites for hydroxylation is 1. The Morgan fingerprint density at radius 2 is 2.03 bits per heavy atom. The van der Waals surface area contributed by atoms with Crippen LogP contribution in [0.3, 0.4) is 0 Å². The highest BCUT2D eigenvalue weighted by Gasteiger charge is 2.34. The second-order valence-corrected chi connectivity index (χ2v) is 11.7. The average molecular weight is 519 g/mol. The number of pyridine rings is 1. The van der Waals surface area contributed by atoms with Crippen LogP contribution in [0.25, 0.3) is 11.1 Å². The molecule has 5 nitrogen and oxygen atoms in total. The number of rotatable bonds is 6. The number of amides is 1. The van der Waals surface area contributed by atoms with Crippen LogP contribution >= 0.6 is 20.6 Å². The van der Waals surface area contributed by atoms with Crippen LogP contribution in [0.2, 0.25) is 0 Å². The highest BCUT2D eigenvalue weighted by Crippen LogP contribution is 2.44. The van der Waals surface area contributed by atoms with Crippen molar-refractivity contribution < 1.29 is 9.18 Å². The van der Waals surface area contributed by atoms with Gasteiger partial charge in [0.05, 0.1) is 18.8 Å². The quantitative estimate of drug-likeness (QED) is 0.231. The third-order valence-electron chi connectivity index (χ3n) is 6.47. The monoisotopic (exact) mass is 518 g/mol. The maximum absolute atomic E-state index is 15.5. The number of thiophene rings is 1. The third-order valence-corrected chi connectivity index (χ3v) is 7.79. The molecule has 0 bridgehead atoms. The van der Waals surface area contributed by atoms with E-state index in [0.29, 0.717) is 25.3 Å². The van der Waals surface area contributed by atoms with E-state index in [4.69, 9.17) is 0 Å². The molecule has 36 heavy (non-hydrogen) atoms. The van der Waals surface area contributed by atoms with E-state index in [9.17, 15) is 4.79 Å². The summed E-state index contributed by atoms with van der Waals surface area (Å²) in [4.78, 5) is 21.2. The second kappa shape index (κ2) is 9.72. The Labute approximate surface area is 216 Å². The Bertz CT molecular complexity index is 1420. The smallest absolute Gasteiger partial charge is 0.246 e. The lowest BCUT2D eigenvalue weighted by Crippen LogP contribution is -2.37. The van der Waals surface area contributed by atoms with E-state index in [2.05, 4.69) is 45.0 Å². The molecule has 1 amide bonds. The molecule has 0 aliphatic carbocycles. The summed E-state index contributed by atoms with van der Waals surface area (Å²) in [6.07, 6.45) is 5.02. The zero-order valence-electron chi connectivity index (χ0n) is 20.3. The average Bonchev–Trinajstić information content (AvgIpc) is 3.46. The Morgan fingerprint density at radius 3 is 2.75 bits per heavy atom. The minimum Gasteiger partial charge on any atom is -0.333 e. The number of alkyl halides is 1. The van der Waals surface area contributed by atoms with Gasteiger partial charge in [0.2, 0.25) is 5.91 Å². The molecular formula is C28H28FN4OPS. The molecule has 0 saturated carbocycles. The first-order valence-corrected chi connectivity index (χ1v) is 13.2. The van der Waals surface area contributed by atoms with Gasteiger partial charge < -0.3 is 4.90 Å². The number of carbonyl (C=O) groups excluding carboxylic acids is 1. The largest absolute Gasteiger partial charge is 0.333 e. The van der Waals surface area contributed by atoms with Crippen molar-refractivity contribution in [1.29, 1.82) is 0 Å². The summed E-state index contributed by atoms with van der Waals surface area (Å²) in [5.41, 5.74) is 5.13. The molecule has 0 radical (unpaired) electrons. The van der Waals surface area contributed by atoms with E-state index < -0.39 is 5.41 Å². The molecule has 0 spiro atoms. The molecule has 184 valence electrons. The molecule has 4 heterocycles. The zero-order valence-corrected chi connectivity index (χ0v) is 22.3. The number of halogens is 1. The van der Waals surface area contributed by atoms with Crippen molar-refractivity contribution in [2.75, 3.05) is 6.54 Å². The summed E-state index contributed by atoms with van der Waals surface area (Å²) in [7, 11) is 2.28. The van der Waals surface area contributed by atoms with Gasteiger partial charge in [0.25, 0.3) is 0 Å². The summed E-state index contributed by atoms with van der Waals surface area (Å²) in [6, 6.07) is 16.0. The van der Waals surface area contributed by atoms with Gasteiger partial charge >= 0.3 is 0 Å². The van der Waals surface area contributed by atoms with E-state index >= 15 is 4.39 Å². The summed E-state index contributed by atoms with van der Waals surface area (Å²) >= 11 is 1.72. The molecule has 3 atom stereocenters. The van der Waals surface area contributed by atoms with Crippen molar-refractivity contribution in [1.82, 2.24) is 19.7 Å². The van der Waals surface area contributed by atoms with E-state index in [1.807, 2.05) is 47.5 Å². The number of nitrogens with zero attached hydrogens (tertiary/aromatic N) is 4. The Kier molecular flexibility index (Phi) is 6.62. The first-order chi connectivity index (χ1) is 17.2. The molecular weight excluding hydrogens is 490 g/mol. The fourth-order valence-electron chi connectivity index (χ4n) is 4.88. The molecule has 0 N–H and O–H groups in total. The van der Waals surface area contributed by atoms with Crippen molar-refractivity contribution in [2.45, 2.75) is 38.3 Å².